The molecule has 140 valence electrons. The molecule has 0 aliphatic carbocycles. The zero-order valence-electron chi connectivity index (χ0n) is 15.3. The van der Waals surface area contributed by atoms with Crippen molar-refractivity contribution in [3.05, 3.63) is 82.9 Å². The molecule has 1 aromatic heterocycles. The second-order valence-corrected chi connectivity index (χ2v) is 7.37. The molecule has 6 heteroatoms. The molecule has 1 N–H and O–H groups in total. The molecule has 4 rings (SSSR count). The average molecular weight is 389 g/mol. The van der Waals surface area contributed by atoms with Gasteiger partial charge in [0.2, 0.25) is 0 Å². The van der Waals surface area contributed by atoms with Crippen molar-refractivity contribution in [2.24, 2.45) is 4.99 Å². The number of aliphatic imine (C=N–C) groups is 1. The summed E-state index contributed by atoms with van der Waals surface area (Å²) in [6.07, 6.45) is 3.65. The van der Waals surface area contributed by atoms with Crippen molar-refractivity contribution in [3.63, 3.8) is 0 Å². The lowest BCUT2D eigenvalue weighted by Crippen LogP contribution is -2.21. The van der Waals surface area contributed by atoms with Crippen LogP contribution in [0.2, 0.25) is 0 Å². The molecule has 28 heavy (non-hydrogen) atoms. The molecule has 1 aliphatic rings. The molecular weight excluding hydrogens is 370 g/mol. The summed E-state index contributed by atoms with van der Waals surface area (Å²) in [6, 6.07) is 19.6. The Labute approximate surface area is 167 Å². The number of methoxy groups -OCH3 is 1. The number of nitrogens with one attached hydrogen (secondary N) is 1. The lowest BCUT2D eigenvalue weighted by molar-refractivity contribution is -0.115. The summed E-state index contributed by atoms with van der Waals surface area (Å²) in [5.41, 5.74) is 2.93. The minimum Gasteiger partial charge on any atom is -0.382 e. The average Bonchev–Trinajstić information content (AvgIpc) is 3.07. The van der Waals surface area contributed by atoms with Gasteiger partial charge in [-0.15, -0.1) is 0 Å². The lowest BCUT2D eigenvalue weighted by Gasteiger charge is -2.12. The van der Waals surface area contributed by atoms with E-state index in [1.54, 1.807) is 13.3 Å². The first-order chi connectivity index (χ1) is 13.7. The summed E-state index contributed by atoms with van der Waals surface area (Å²) >= 11 is 1.35. The number of carbonyl (C=O) groups is 1. The van der Waals surface area contributed by atoms with Gasteiger partial charge in [0.15, 0.2) is 5.17 Å². The highest BCUT2D eigenvalue weighted by Crippen LogP contribution is 2.29. The van der Waals surface area contributed by atoms with E-state index in [9.17, 15) is 4.79 Å². The Morgan fingerprint density at radius 1 is 1.18 bits per heavy atom. The molecule has 1 fully saturated rings. The normalized spacial score (nSPS) is 18.0. The molecule has 1 aliphatic heterocycles. The highest BCUT2D eigenvalue weighted by Gasteiger charge is 2.25. The van der Waals surface area contributed by atoms with Gasteiger partial charge in [-0.25, -0.2) is 0 Å². The largest absolute Gasteiger partial charge is 0.382 e. The predicted octanol–water partition coefficient (Wildman–Crippen LogP) is 4.18. The van der Waals surface area contributed by atoms with Crippen LogP contribution in [0.5, 0.6) is 0 Å². The number of rotatable bonds is 5. The Kier molecular flexibility index (Phi) is 5.50. The zero-order chi connectivity index (χ0) is 19.3. The third kappa shape index (κ3) is 4.13. The quantitative estimate of drug-likeness (QED) is 0.665. The van der Waals surface area contributed by atoms with Crippen molar-refractivity contribution in [1.29, 1.82) is 0 Å². The van der Waals surface area contributed by atoms with Gasteiger partial charge in [0, 0.05) is 18.7 Å². The third-order valence-corrected chi connectivity index (χ3v) is 5.28. The van der Waals surface area contributed by atoms with E-state index in [1.807, 2.05) is 66.7 Å². The number of aromatic nitrogens is 1. The fourth-order valence-electron chi connectivity index (χ4n) is 3.01. The molecule has 2 aromatic carbocycles. The minimum absolute atomic E-state index is 0.140. The number of ether oxygens (including phenoxy) is 1. The maximum atomic E-state index is 12.4. The van der Waals surface area contributed by atoms with Gasteiger partial charge < -0.3 is 10.1 Å². The first-order valence-corrected chi connectivity index (χ1v) is 9.72. The van der Waals surface area contributed by atoms with Crippen LogP contribution in [0.3, 0.4) is 0 Å². The van der Waals surface area contributed by atoms with Crippen LogP contribution in [0, 0.1) is 0 Å². The highest BCUT2D eigenvalue weighted by molar-refractivity contribution is 8.18. The van der Waals surface area contributed by atoms with Crippen LogP contribution >= 0.6 is 11.8 Å². The SMILES string of the molecule is COC[C@H](N=C1NC(=O)/C(=C/c2ccc3ncccc3c2)S1)c1ccccc1. The molecular formula is C22H19N3O2S. The number of nitrogens with zero attached hydrogens (tertiary/aromatic N) is 2. The number of hydrogen-bond donors (Lipinski definition) is 1. The van der Waals surface area contributed by atoms with Gasteiger partial charge in [-0.2, -0.15) is 0 Å². The Morgan fingerprint density at radius 2 is 2.04 bits per heavy atom. The summed E-state index contributed by atoms with van der Waals surface area (Å²) in [5, 5.41) is 4.49. The topological polar surface area (TPSA) is 63.6 Å². The Balaban J connectivity index is 1.58. The summed E-state index contributed by atoms with van der Waals surface area (Å²) in [4.78, 5) is 22.0. The van der Waals surface area contributed by atoms with E-state index in [0.717, 1.165) is 22.0 Å². The van der Waals surface area contributed by atoms with Crippen LogP contribution in [0.15, 0.2) is 76.8 Å². The van der Waals surface area contributed by atoms with Crippen LogP contribution in [-0.2, 0) is 9.53 Å². The highest BCUT2D eigenvalue weighted by atomic mass is 32.2. The monoisotopic (exact) mass is 389 g/mol. The molecule has 2 heterocycles. The van der Waals surface area contributed by atoms with Gasteiger partial charge in [0.05, 0.1) is 17.0 Å². The number of benzene rings is 2. The first kappa shape index (κ1) is 18.4. The molecule has 1 amide bonds. The minimum atomic E-state index is -0.167. The van der Waals surface area contributed by atoms with E-state index in [2.05, 4.69) is 10.3 Å². The van der Waals surface area contributed by atoms with Crippen LogP contribution < -0.4 is 5.32 Å². The molecule has 1 atom stereocenters. The van der Waals surface area contributed by atoms with Crippen LogP contribution in [0.1, 0.15) is 17.2 Å². The number of pyridine rings is 1. The van der Waals surface area contributed by atoms with Crippen molar-refractivity contribution in [3.8, 4) is 0 Å². The summed E-state index contributed by atoms with van der Waals surface area (Å²) in [5.74, 6) is -0.140. The van der Waals surface area contributed by atoms with Gasteiger partial charge in [-0.3, -0.25) is 14.8 Å². The first-order valence-electron chi connectivity index (χ1n) is 8.90. The number of thioether (sulfide) groups is 1. The molecule has 5 nitrogen and oxygen atoms in total. The van der Waals surface area contributed by atoms with Crippen molar-refractivity contribution in [1.82, 2.24) is 10.3 Å². The Hall–Kier alpha value is -2.96. The van der Waals surface area contributed by atoms with E-state index < -0.39 is 0 Å². The Morgan fingerprint density at radius 3 is 2.86 bits per heavy atom. The molecule has 0 radical (unpaired) electrons. The molecule has 3 aromatic rings. The van der Waals surface area contributed by atoms with Crippen LogP contribution in [-0.4, -0.2) is 29.8 Å². The second kappa shape index (κ2) is 8.37. The summed E-state index contributed by atoms with van der Waals surface area (Å²) in [6.45, 7) is 0.445. The maximum absolute atomic E-state index is 12.4. The van der Waals surface area contributed by atoms with Gasteiger partial charge in [0.25, 0.3) is 5.91 Å². The van der Waals surface area contributed by atoms with E-state index in [-0.39, 0.29) is 11.9 Å². The van der Waals surface area contributed by atoms with Crippen molar-refractivity contribution >= 4 is 39.8 Å². The number of carbonyl (C=O) groups excluding carboxylic acids is 1. The third-order valence-electron chi connectivity index (χ3n) is 4.36. The standard InChI is InChI=1S/C22H19N3O2S/c1-27-14-19(16-6-3-2-4-7-16)24-22-25-21(26)20(28-22)13-15-9-10-18-17(12-15)8-5-11-23-18/h2-13,19H,14H2,1H3,(H,24,25,26)/b20-13-/t19-/m0/s1. The zero-order valence-corrected chi connectivity index (χ0v) is 16.1. The molecule has 0 unspecified atom stereocenters. The Bertz CT molecular complexity index is 1060. The van der Waals surface area contributed by atoms with Crippen molar-refractivity contribution in [2.45, 2.75) is 6.04 Å². The maximum Gasteiger partial charge on any atom is 0.264 e. The van der Waals surface area contributed by atoms with E-state index in [0.29, 0.717) is 16.7 Å². The molecule has 1 saturated heterocycles. The number of hydrogen-bond acceptors (Lipinski definition) is 5. The van der Waals surface area contributed by atoms with Gasteiger partial charge in [-0.1, -0.05) is 42.5 Å². The van der Waals surface area contributed by atoms with Gasteiger partial charge >= 0.3 is 0 Å². The fraction of sp³-hybridized carbons (Fsp3) is 0.136. The van der Waals surface area contributed by atoms with E-state index >= 15 is 0 Å². The number of fused-ring (bicyclic) bond motifs is 1. The molecule has 0 spiro atoms. The van der Waals surface area contributed by atoms with E-state index in [1.165, 1.54) is 11.8 Å². The molecule has 0 saturated carbocycles. The number of amides is 1. The van der Waals surface area contributed by atoms with Crippen molar-refractivity contribution < 1.29 is 9.53 Å². The summed E-state index contributed by atoms with van der Waals surface area (Å²) in [7, 11) is 1.65. The van der Waals surface area contributed by atoms with Gasteiger partial charge in [0.1, 0.15) is 6.04 Å². The van der Waals surface area contributed by atoms with Crippen LogP contribution in [0.25, 0.3) is 17.0 Å². The van der Waals surface area contributed by atoms with E-state index in [4.69, 9.17) is 9.73 Å². The predicted molar refractivity (Wildman–Crippen MR) is 114 cm³/mol. The second-order valence-electron chi connectivity index (χ2n) is 6.34. The summed E-state index contributed by atoms with van der Waals surface area (Å²) < 4.78 is 5.31. The van der Waals surface area contributed by atoms with Crippen molar-refractivity contribution in [2.75, 3.05) is 13.7 Å². The smallest absolute Gasteiger partial charge is 0.264 e. The van der Waals surface area contributed by atoms with Crippen LogP contribution in [0.4, 0.5) is 0 Å². The lowest BCUT2D eigenvalue weighted by atomic mass is 10.1. The van der Waals surface area contributed by atoms with Gasteiger partial charge in [-0.05, 0) is 47.2 Å². The number of amidine groups is 1. The molecule has 0 bridgehead atoms. The fourth-order valence-corrected chi connectivity index (χ4v) is 3.88.